The molecule has 0 fully saturated rings. The highest BCUT2D eigenvalue weighted by molar-refractivity contribution is 6.33. The van der Waals surface area contributed by atoms with Crippen molar-refractivity contribution in [3.8, 4) is 0 Å². The first-order valence-electron chi connectivity index (χ1n) is 4.45. The zero-order chi connectivity index (χ0) is 10.1. The third-order valence-corrected chi connectivity index (χ3v) is 2.36. The number of rotatable bonds is 1. The first kappa shape index (κ1) is 9.34. The summed E-state index contributed by atoms with van der Waals surface area (Å²) in [6.07, 6.45) is 1.43. The fourth-order valence-electron chi connectivity index (χ4n) is 1.25. The van der Waals surface area contributed by atoms with E-state index in [9.17, 15) is 0 Å². The maximum atomic E-state index is 5.90. The maximum absolute atomic E-state index is 5.90. The topological polar surface area (TPSA) is 38.7 Å². The second-order valence-corrected chi connectivity index (χ2v) is 3.78. The summed E-state index contributed by atoms with van der Waals surface area (Å²) in [5.41, 5.74) is 1.68. The van der Waals surface area contributed by atoms with E-state index in [1.165, 1.54) is 6.33 Å². The van der Waals surface area contributed by atoms with Crippen LogP contribution >= 0.6 is 11.6 Å². The third kappa shape index (κ3) is 1.55. The van der Waals surface area contributed by atoms with Gasteiger partial charge in [0.1, 0.15) is 11.5 Å². The Kier molecular flexibility index (Phi) is 2.33. The van der Waals surface area contributed by atoms with E-state index < -0.39 is 0 Å². The Morgan fingerprint density at radius 1 is 1.21 bits per heavy atom. The monoisotopic (exact) mass is 207 g/mol. The molecular weight excluding hydrogens is 198 g/mol. The van der Waals surface area contributed by atoms with Crippen molar-refractivity contribution in [3.05, 3.63) is 29.3 Å². The van der Waals surface area contributed by atoms with Gasteiger partial charge in [-0.05, 0) is 18.1 Å². The van der Waals surface area contributed by atoms with Gasteiger partial charge in [-0.1, -0.05) is 25.4 Å². The molecule has 0 aliphatic rings. The molecular formula is C10H10ClN3. The third-order valence-electron chi connectivity index (χ3n) is 2.06. The fourth-order valence-corrected chi connectivity index (χ4v) is 1.44. The van der Waals surface area contributed by atoms with Crippen molar-refractivity contribution in [2.45, 2.75) is 19.8 Å². The second-order valence-electron chi connectivity index (χ2n) is 3.43. The smallest absolute Gasteiger partial charge is 0.164 e. The Morgan fingerprint density at radius 2 is 2.00 bits per heavy atom. The lowest BCUT2D eigenvalue weighted by Crippen LogP contribution is -1.95. The molecule has 0 amide bonds. The van der Waals surface area contributed by atoms with Crippen molar-refractivity contribution in [2.24, 2.45) is 0 Å². The average molecular weight is 208 g/mol. The van der Waals surface area contributed by atoms with Crippen LogP contribution in [0.1, 0.15) is 25.5 Å². The first-order valence-corrected chi connectivity index (χ1v) is 4.83. The number of halogens is 1. The van der Waals surface area contributed by atoms with E-state index in [0.717, 1.165) is 11.1 Å². The van der Waals surface area contributed by atoms with Gasteiger partial charge in [-0.15, -0.1) is 0 Å². The van der Waals surface area contributed by atoms with Crippen molar-refractivity contribution in [2.75, 3.05) is 0 Å². The maximum Gasteiger partial charge on any atom is 0.164 e. The molecule has 0 bridgehead atoms. The fraction of sp³-hybridized carbons (Fsp3) is 0.300. The quantitative estimate of drug-likeness (QED) is 0.675. The largest absolute Gasteiger partial charge is 0.233 e. The zero-order valence-corrected chi connectivity index (χ0v) is 8.78. The molecule has 0 saturated heterocycles. The molecule has 2 aromatic rings. The predicted molar refractivity (Wildman–Crippen MR) is 56.4 cm³/mol. The number of pyridine rings is 1. The minimum atomic E-state index is 0.396. The van der Waals surface area contributed by atoms with Gasteiger partial charge >= 0.3 is 0 Å². The molecule has 0 aliphatic carbocycles. The van der Waals surface area contributed by atoms with Gasteiger partial charge in [0.05, 0.1) is 5.39 Å². The van der Waals surface area contributed by atoms with Gasteiger partial charge in [0.25, 0.3) is 0 Å². The van der Waals surface area contributed by atoms with E-state index in [2.05, 4.69) is 28.8 Å². The molecule has 0 N–H and O–H groups in total. The van der Waals surface area contributed by atoms with E-state index in [-0.39, 0.29) is 0 Å². The van der Waals surface area contributed by atoms with Crippen LogP contribution in [0.15, 0.2) is 18.5 Å². The summed E-state index contributed by atoms with van der Waals surface area (Å²) in [6.45, 7) is 4.19. The van der Waals surface area contributed by atoms with Gasteiger partial charge in [-0.25, -0.2) is 15.0 Å². The van der Waals surface area contributed by atoms with E-state index in [0.29, 0.717) is 16.7 Å². The lowest BCUT2D eigenvalue weighted by Gasteiger charge is -2.04. The Balaban J connectivity index is 2.67. The summed E-state index contributed by atoms with van der Waals surface area (Å²) in [4.78, 5) is 12.4. The molecule has 0 spiro atoms. The zero-order valence-electron chi connectivity index (χ0n) is 8.03. The minimum Gasteiger partial charge on any atom is -0.233 e. The molecule has 2 aromatic heterocycles. The standard InChI is InChI=1S/C10H10ClN3/c1-6(2)8-4-3-7-9(11)12-5-13-10(7)14-8/h3-6H,1-2H3. The lowest BCUT2D eigenvalue weighted by atomic mass is 10.1. The predicted octanol–water partition coefficient (Wildman–Crippen LogP) is 2.80. The second kappa shape index (κ2) is 3.50. The van der Waals surface area contributed by atoms with Crippen molar-refractivity contribution < 1.29 is 0 Å². The summed E-state index contributed by atoms with van der Waals surface area (Å²) in [5, 5.41) is 1.26. The average Bonchev–Trinajstić information content (AvgIpc) is 2.17. The Labute approximate surface area is 87.2 Å². The highest BCUT2D eigenvalue weighted by atomic mass is 35.5. The van der Waals surface area contributed by atoms with Gasteiger partial charge in [-0.2, -0.15) is 0 Å². The first-order chi connectivity index (χ1) is 6.68. The van der Waals surface area contributed by atoms with E-state index in [4.69, 9.17) is 11.6 Å². The summed E-state index contributed by atoms with van der Waals surface area (Å²) < 4.78 is 0. The Morgan fingerprint density at radius 3 is 2.71 bits per heavy atom. The molecule has 3 nitrogen and oxygen atoms in total. The molecule has 4 heteroatoms. The van der Waals surface area contributed by atoms with Crippen LogP contribution in [0.25, 0.3) is 11.0 Å². The van der Waals surface area contributed by atoms with Crippen LogP contribution in [0.3, 0.4) is 0 Å². The van der Waals surface area contributed by atoms with Crippen LogP contribution in [0.4, 0.5) is 0 Å². The Bertz CT molecular complexity index is 468. The molecule has 14 heavy (non-hydrogen) atoms. The van der Waals surface area contributed by atoms with Crippen LogP contribution < -0.4 is 0 Å². The number of hydrogen-bond donors (Lipinski definition) is 0. The van der Waals surface area contributed by atoms with Gasteiger partial charge < -0.3 is 0 Å². The SMILES string of the molecule is CC(C)c1ccc2c(Cl)ncnc2n1. The van der Waals surface area contributed by atoms with Crippen molar-refractivity contribution in [1.29, 1.82) is 0 Å². The van der Waals surface area contributed by atoms with E-state index in [1.54, 1.807) is 0 Å². The van der Waals surface area contributed by atoms with Gasteiger partial charge in [-0.3, -0.25) is 0 Å². The van der Waals surface area contributed by atoms with Crippen molar-refractivity contribution >= 4 is 22.6 Å². The molecule has 0 radical (unpaired) electrons. The number of hydrogen-bond acceptors (Lipinski definition) is 3. The van der Waals surface area contributed by atoms with Crippen LogP contribution in [0.5, 0.6) is 0 Å². The molecule has 2 rings (SSSR count). The van der Waals surface area contributed by atoms with Crippen LogP contribution in [0.2, 0.25) is 5.15 Å². The summed E-state index contributed by atoms with van der Waals surface area (Å²) in [7, 11) is 0. The van der Waals surface area contributed by atoms with E-state index >= 15 is 0 Å². The lowest BCUT2D eigenvalue weighted by molar-refractivity contribution is 0.827. The van der Waals surface area contributed by atoms with Crippen LogP contribution in [-0.2, 0) is 0 Å². The highest BCUT2D eigenvalue weighted by Crippen LogP contribution is 2.20. The van der Waals surface area contributed by atoms with Gasteiger partial charge in [0.2, 0.25) is 0 Å². The molecule has 0 unspecified atom stereocenters. The van der Waals surface area contributed by atoms with Crippen LogP contribution in [-0.4, -0.2) is 15.0 Å². The molecule has 0 aromatic carbocycles. The molecule has 0 atom stereocenters. The van der Waals surface area contributed by atoms with Crippen molar-refractivity contribution in [3.63, 3.8) is 0 Å². The minimum absolute atomic E-state index is 0.396. The number of aromatic nitrogens is 3. The summed E-state index contributed by atoms with van der Waals surface area (Å²) in [5.74, 6) is 0.396. The van der Waals surface area contributed by atoms with Crippen LogP contribution in [0, 0.1) is 0 Å². The number of nitrogens with zero attached hydrogens (tertiary/aromatic N) is 3. The molecule has 0 saturated carbocycles. The molecule has 0 aliphatic heterocycles. The summed E-state index contributed by atoms with van der Waals surface area (Å²) >= 11 is 5.90. The van der Waals surface area contributed by atoms with Crippen molar-refractivity contribution in [1.82, 2.24) is 15.0 Å². The summed E-state index contributed by atoms with van der Waals surface area (Å²) in [6, 6.07) is 3.88. The molecule has 72 valence electrons. The number of fused-ring (bicyclic) bond motifs is 1. The normalized spacial score (nSPS) is 11.1. The molecule has 2 heterocycles. The van der Waals surface area contributed by atoms with Gasteiger partial charge in [0.15, 0.2) is 5.65 Å². The highest BCUT2D eigenvalue weighted by Gasteiger charge is 2.05. The van der Waals surface area contributed by atoms with E-state index in [1.807, 2.05) is 12.1 Å². The Hall–Kier alpha value is -1.22. The van der Waals surface area contributed by atoms with Gasteiger partial charge in [0, 0.05) is 5.69 Å².